The third-order valence-corrected chi connectivity index (χ3v) is 10.8. The van der Waals surface area contributed by atoms with E-state index in [0.717, 1.165) is 23.8 Å². The first kappa shape index (κ1) is 30.7. The molecule has 2 atom stereocenters. The van der Waals surface area contributed by atoms with Crippen LogP contribution in [0.1, 0.15) is 43.0 Å². The first-order valence-corrected chi connectivity index (χ1v) is 17.3. The molecule has 4 rings (SSSR count). The average Bonchev–Trinajstić information content (AvgIpc) is 3.57. The second-order valence-electron chi connectivity index (χ2n) is 9.79. The number of nitrogens with zero attached hydrogens (tertiary/aromatic N) is 2. The van der Waals surface area contributed by atoms with Gasteiger partial charge in [0, 0.05) is 36.0 Å². The molecule has 2 aromatic rings. The summed E-state index contributed by atoms with van der Waals surface area (Å²) in [6.07, 6.45) is 4.45. The van der Waals surface area contributed by atoms with E-state index < -0.39 is 32.0 Å². The maximum absolute atomic E-state index is 13.2. The zero-order valence-corrected chi connectivity index (χ0v) is 25.3. The number of amides is 2. The molecule has 2 N–H and O–H groups in total. The van der Waals surface area contributed by atoms with Crippen LogP contribution in [-0.4, -0.2) is 76.7 Å². The Bertz CT molecular complexity index is 1460. The van der Waals surface area contributed by atoms with Crippen molar-refractivity contribution in [2.75, 3.05) is 26.2 Å². The highest BCUT2D eigenvalue weighted by atomic mass is 35.5. The summed E-state index contributed by atoms with van der Waals surface area (Å²) in [5.74, 6) is -0.747. The molecule has 0 aliphatic carbocycles. The molecule has 0 saturated carbocycles. The number of nitrogens with one attached hydrogen (secondary N) is 2. The molecule has 0 radical (unpaired) electrons. The van der Waals surface area contributed by atoms with Crippen molar-refractivity contribution in [1.82, 2.24) is 19.2 Å². The van der Waals surface area contributed by atoms with Crippen molar-refractivity contribution < 1.29 is 26.4 Å². The topological polar surface area (TPSA) is 133 Å². The lowest BCUT2D eigenvalue weighted by atomic mass is 10.1. The average molecular weight is 629 g/mol. The predicted octanol–water partition coefficient (Wildman–Crippen LogP) is 2.81. The molecule has 2 aliphatic rings. The Morgan fingerprint density at radius 2 is 1.80 bits per heavy atom. The van der Waals surface area contributed by atoms with E-state index in [-0.39, 0.29) is 29.9 Å². The van der Waals surface area contributed by atoms with Crippen LogP contribution in [-0.2, 0) is 36.1 Å². The lowest BCUT2D eigenvalue weighted by Gasteiger charge is -2.34. The smallest absolute Gasteiger partial charge is 0.242 e. The van der Waals surface area contributed by atoms with Crippen LogP contribution < -0.4 is 9.44 Å². The summed E-state index contributed by atoms with van der Waals surface area (Å²) < 4.78 is 56.2. The molecular formula is C26H33ClN4O6S3. The van der Waals surface area contributed by atoms with Gasteiger partial charge in [-0.2, -0.15) is 4.72 Å². The van der Waals surface area contributed by atoms with Gasteiger partial charge in [-0.05, 0) is 68.0 Å². The van der Waals surface area contributed by atoms with Crippen molar-refractivity contribution in [3.05, 3.63) is 56.6 Å². The van der Waals surface area contributed by atoms with Gasteiger partial charge in [0.1, 0.15) is 6.04 Å². The van der Waals surface area contributed by atoms with Gasteiger partial charge in [-0.3, -0.25) is 9.59 Å². The van der Waals surface area contributed by atoms with Gasteiger partial charge < -0.3 is 9.80 Å². The van der Waals surface area contributed by atoms with Crippen molar-refractivity contribution in [2.45, 2.75) is 56.0 Å². The zero-order valence-electron chi connectivity index (χ0n) is 22.1. The number of aryl methyl sites for hydroxylation is 1. The molecule has 0 bridgehead atoms. The lowest BCUT2D eigenvalue weighted by Crippen LogP contribution is -2.55. The normalized spacial score (nSPS) is 20.5. The molecule has 14 heteroatoms. The fraction of sp³-hybridized carbons (Fsp3) is 0.462. The second-order valence-corrected chi connectivity index (χ2v) is 14.9. The summed E-state index contributed by atoms with van der Waals surface area (Å²) >= 11 is 7.11. The van der Waals surface area contributed by atoms with E-state index >= 15 is 0 Å². The Balaban J connectivity index is 1.32. The van der Waals surface area contributed by atoms with Crippen LogP contribution in [0.15, 0.2) is 46.7 Å². The monoisotopic (exact) mass is 628 g/mol. The first-order chi connectivity index (χ1) is 19.0. The Hall–Kier alpha value is -2.29. The fourth-order valence-electron chi connectivity index (χ4n) is 4.84. The highest BCUT2D eigenvalue weighted by Gasteiger charge is 2.35. The molecule has 2 amide bonds. The summed E-state index contributed by atoms with van der Waals surface area (Å²) in [5.41, 5.74) is 1.04. The standard InChI is InChI=1S/C26H33ClN4O6S3/c1-2-19-7-10-22(11-8-19)40(36,37)28-17-20-5-3-15-31(20)25(32)18-30-14-4-6-23(26(30)33)29-39(34,35)16-13-21-9-12-24(27)38-21/h7-13,16,20,23,28-29H,2-6,14-15,17-18H2,1H3/b16-13+/t20-,23-/m0/s1. The highest BCUT2D eigenvalue weighted by molar-refractivity contribution is 7.92. The van der Waals surface area contributed by atoms with Crippen LogP contribution in [0.5, 0.6) is 0 Å². The Morgan fingerprint density at radius 3 is 2.48 bits per heavy atom. The van der Waals surface area contributed by atoms with Crippen molar-refractivity contribution >= 4 is 60.9 Å². The van der Waals surface area contributed by atoms with Crippen LogP contribution in [0.4, 0.5) is 0 Å². The number of piperidine rings is 1. The lowest BCUT2D eigenvalue weighted by molar-refractivity contribution is -0.143. The van der Waals surface area contributed by atoms with Crippen LogP contribution in [0.2, 0.25) is 4.34 Å². The van der Waals surface area contributed by atoms with Crippen molar-refractivity contribution in [3.63, 3.8) is 0 Å². The summed E-state index contributed by atoms with van der Waals surface area (Å²) in [4.78, 5) is 30.1. The number of benzene rings is 1. The van der Waals surface area contributed by atoms with Gasteiger partial charge in [0.15, 0.2) is 0 Å². The van der Waals surface area contributed by atoms with Gasteiger partial charge in [-0.1, -0.05) is 30.7 Å². The van der Waals surface area contributed by atoms with E-state index in [2.05, 4.69) is 9.44 Å². The molecule has 2 saturated heterocycles. The summed E-state index contributed by atoms with van der Waals surface area (Å²) in [7, 11) is -7.64. The van der Waals surface area contributed by atoms with Crippen LogP contribution in [0.25, 0.3) is 6.08 Å². The molecule has 3 heterocycles. The number of halogens is 1. The van der Waals surface area contributed by atoms with Crippen molar-refractivity contribution in [3.8, 4) is 0 Å². The summed E-state index contributed by atoms with van der Waals surface area (Å²) in [6, 6.07) is 8.75. The van der Waals surface area contributed by atoms with E-state index in [4.69, 9.17) is 11.6 Å². The zero-order chi connectivity index (χ0) is 28.9. The van der Waals surface area contributed by atoms with E-state index in [1.807, 2.05) is 6.92 Å². The molecule has 0 unspecified atom stereocenters. The molecule has 10 nitrogen and oxygen atoms in total. The van der Waals surface area contributed by atoms with Crippen LogP contribution >= 0.6 is 22.9 Å². The minimum absolute atomic E-state index is 0.0712. The van der Waals surface area contributed by atoms with E-state index in [1.54, 1.807) is 41.3 Å². The Morgan fingerprint density at radius 1 is 1.07 bits per heavy atom. The second kappa shape index (κ2) is 13.1. The van der Waals surface area contributed by atoms with Gasteiger partial charge in [0.2, 0.25) is 31.9 Å². The quantitative estimate of drug-likeness (QED) is 0.393. The minimum atomic E-state index is -3.90. The fourth-order valence-corrected chi connectivity index (χ4v) is 7.98. The number of thiophene rings is 1. The number of hydrogen-bond donors (Lipinski definition) is 2. The molecule has 40 heavy (non-hydrogen) atoms. The predicted molar refractivity (Wildman–Crippen MR) is 156 cm³/mol. The van der Waals surface area contributed by atoms with Crippen molar-refractivity contribution in [1.29, 1.82) is 0 Å². The summed E-state index contributed by atoms with van der Waals surface area (Å²) in [6.45, 7) is 2.67. The van der Waals surface area contributed by atoms with Gasteiger partial charge in [0.25, 0.3) is 0 Å². The van der Waals surface area contributed by atoms with Crippen molar-refractivity contribution in [2.24, 2.45) is 0 Å². The number of hydrogen-bond acceptors (Lipinski definition) is 7. The van der Waals surface area contributed by atoms with Crippen LogP contribution in [0.3, 0.4) is 0 Å². The molecule has 1 aromatic heterocycles. The minimum Gasteiger partial charge on any atom is -0.337 e. The van der Waals surface area contributed by atoms with E-state index in [0.29, 0.717) is 41.6 Å². The molecule has 218 valence electrons. The highest BCUT2D eigenvalue weighted by Crippen LogP contribution is 2.23. The van der Waals surface area contributed by atoms with Crippen LogP contribution in [0, 0.1) is 0 Å². The SMILES string of the molecule is CCc1ccc(S(=O)(=O)NC[C@@H]2CCCN2C(=O)CN2CCC[C@H](NS(=O)(=O)/C=C/c3ccc(Cl)s3)C2=O)cc1. The number of sulfonamides is 2. The molecule has 0 spiro atoms. The third-order valence-electron chi connectivity index (χ3n) is 7.02. The van der Waals surface area contributed by atoms with E-state index in [9.17, 15) is 26.4 Å². The molecule has 2 aliphatic heterocycles. The maximum atomic E-state index is 13.2. The Kier molecular flexibility index (Phi) is 10.1. The molecular weight excluding hydrogens is 596 g/mol. The van der Waals surface area contributed by atoms with Gasteiger partial charge in [0.05, 0.1) is 15.8 Å². The van der Waals surface area contributed by atoms with Gasteiger partial charge in [-0.15, -0.1) is 11.3 Å². The largest absolute Gasteiger partial charge is 0.337 e. The number of carbonyl (C=O) groups is 2. The number of rotatable bonds is 11. The van der Waals surface area contributed by atoms with Gasteiger partial charge >= 0.3 is 0 Å². The van der Waals surface area contributed by atoms with E-state index in [1.165, 1.54) is 22.3 Å². The number of carbonyl (C=O) groups excluding carboxylic acids is 2. The summed E-state index contributed by atoms with van der Waals surface area (Å²) in [5, 5.41) is 1.00. The molecule has 1 aromatic carbocycles. The first-order valence-electron chi connectivity index (χ1n) is 13.1. The third kappa shape index (κ3) is 7.92. The molecule has 2 fully saturated rings. The Labute approximate surface area is 244 Å². The maximum Gasteiger partial charge on any atom is 0.242 e. The number of likely N-dealkylation sites (tertiary alicyclic amines) is 2. The van der Waals surface area contributed by atoms with Gasteiger partial charge in [-0.25, -0.2) is 21.6 Å².